The summed E-state index contributed by atoms with van der Waals surface area (Å²) in [7, 11) is 1.62. The van der Waals surface area contributed by atoms with E-state index in [1.165, 1.54) is 16.0 Å². The minimum atomic E-state index is -0.214. The molecule has 0 radical (unpaired) electrons. The molecule has 4 rings (SSSR count). The number of nitrogens with one attached hydrogen (secondary N) is 1. The monoisotopic (exact) mass is 453 g/mol. The van der Waals surface area contributed by atoms with Gasteiger partial charge in [-0.25, -0.2) is 9.67 Å². The van der Waals surface area contributed by atoms with Crippen molar-refractivity contribution in [1.82, 2.24) is 20.1 Å². The van der Waals surface area contributed by atoms with Crippen LogP contribution in [0.15, 0.2) is 29.1 Å². The van der Waals surface area contributed by atoms with Gasteiger partial charge in [-0.2, -0.15) is 5.10 Å². The van der Waals surface area contributed by atoms with E-state index in [1.807, 2.05) is 26.0 Å². The Kier molecular flexibility index (Phi) is 6.38. The zero-order valence-electron chi connectivity index (χ0n) is 18.8. The van der Waals surface area contributed by atoms with E-state index in [-0.39, 0.29) is 11.5 Å². The molecule has 3 aromatic rings. The van der Waals surface area contributed by atoms with Crippen LogP contribution in [0.25, 0.3) is 10.6 Å². The molecule has 2 aromatic heterocycles. The Bertz CT molecular complexity index is 1190. The largest absolute Gasteiger partial charge is 0.378 e. The summed E-state index contributed by atoms with van der Waals surface area (Å²) >= 11 is 1.24. The number of hydrogen-bond donors (Lipinski definition) is 1. The van der Waals surface area contributed by atoms with Crippen LogP contribution in [0.5, 0.6) is 0 Å². The van der Waals surface area contributed by atoms with E-state index in [4.69, 9.17) is 4.74 Å². The molecule has 0 unspecified atom stereocenters. The van der Waals surface area contributed by atoms with Crippen molar-refractivity contribution in [3.63, 3.8) is 0 Å². The normalized spacial score (nSPS) is 13.9. The fourth-order valence-electron chi connectivity index (χ4n) is 3.72. The first-order valence-electron chi connectivity index (χ1n) is 10.6. The highest BCUT2D eigenvalue weighted by molar-refractivity contribution is 7.17. The van der Waals surface area contributed by atoms with E-state index in [0.717, 1.165) is 48.8 Å². The van der Waals surface area contributed by atoms with Crippen molar-refractivity contribution < 1.29 is 9.53 Å². The van der Waals surface area contributed by atoms with Crippen molar-refractivity contribution in [2.45, 2.75) is 27.3 Å². The number of rotatable bonds is 5. The van der Waals surface area contributed by atoms with Gasteiger partial charge in [0.2, 0.25) is 0 Å². The molecule has 32 heavy (non-hydrogen) atoms. The van der Waals surface area contributed by atoms with E-state index >= 15 is 0 Å². The second-order valence-corrected chi connectivity index (χ2v) is 8.90. The summed E-state index contributed by atoms with van der Waals surface area (Å²) in [5, 5.41) is 7.74. The Labute approximate surface area is 190 Å². The predicted octanol–water partition coefficient (Wildman–Crippen LogP) is 2.60. The second kappa shape index (κ2) is 9.22. The maximum absolute atomic E-state index is 12.8. The molecule has 168 valence electrons. The van der Waals surface area contributed by atoms with Crippen molar-refractivity contribution in [1.29, 1.82) is 0 Å². The second-order valence-electron chi connectivity index (χ2n) is 7.90. The lowest BCUT2D eigenvalue weighted by molar-refractivity contribution is 0.0954. The van der Waals surface area contributed by atoms with Gasteiger partial charge in [0.05, 0.1) is 30.2 Å². The quantitative estimate of drug-likeness (QED) is 0.639. The number of amides is 1. The lowest BCUT2D eigenvalue weighted by atomic mass is 10.1. The van der Waals surface area contributed by atoms with E-state index in [9.17, 15) is 9.59 Å². The number of aromatic nitrogens is 3. The summed E-state index contributed by atoms with van der Waals surface area (Å²) in [4.78, 5) is 32.8. The predicted molar refractivity (Wildman–Crippen MR) is 125 cm³/mol. The highest BCUT2D eigenvalue weighted by Crippen LogP contribution is 2.28. The highest BCUT2D eigenvalue weighted by atomic mass is 32.1. The SMILES string of the molecule is Cc1nc(-c2c(C)c(C)nn(C)c2=O)sc1C(=O)NCc1ccc(N2CCOCC2)cc1. The van der Waals surface area contributed by atoms with Crippen LogP contribution in [0.4, 0.5) is 5.69 Å². The Morgan fingerprint density at radius 2 is 1.81 bits per heavy atom. The molecule has 0 spiro atoms. The van der Waals surface area contributed by atoms with Gasteiger partial charge in [0.1, 0.15) is 9.88 Å². The van der Waals surface area contributed by atoms with Gasteiger partial charge in [-0.15, -0.1) is 11.3 Å². The first-order chi connectivity index (χ1) is 15.3. The number of carbonyl (C=O) groups is 1. The summed E-state index contributed by atoms with van der Waals surface area (Å²) in [6.45, 7) is 9.21. The smallest absolute Gasteiger partial charge is 0.277 e. The minimum absolute atomic E-state index is 0.191. The molecular formula is C23H27N5O3S. The third-order valence-corrected chi connectivity index (χ3v) is 6.88. The number of benzene rings is 1. The molecule has 1 amide bonds. The summed E-state index contributed by atoms with van der Waals surface area (Å²) in [5.41, 5.74) is 4.64. The van der Waals surface area contributed by atoms with Gasteiger partial charge in [0.25, 0.3) is 11.5 Å². The van der Waals surface area contributed by atoms with E-state index < -0.39 is 0 Å². The number of nitrogens with zero attached hydrogens (tertiary/aromatic N) is 4. The van der Waals surface area contributed by atoms with Crippen molar-refractivity contribution in [2.24, 2.45) is 7.05 Å². The third kappa shape index (κ3) is 4.44. The maximum atomic E-state index is 12.8. The molecule has 1 saturated heterocycles. The average molecular weight is 454 g/mol. The van der Waals surface area contributed by atoms with Gasteiger partial charge >= 0.3 is 0 Å². The molecule has 1 aromatic carbocycles. The minimum Gasteiger partial charge on any atom is -0.378 e. The lowest BCUT2D eigenvalue weighted by Gasteiger charge is -2.28. The van der Waals surface area contributed by atoms with Crippen LogP contribution < -0.4 is 15.8 Å². The maximum Gasteiger partial charge on any atom is 0.277 e. The zero-order chi connectivity index (χ0) is 22.8. The molecule has 0 aliphatic carbocycles. The summed E-state index contributed by atoms with van der Waals surface area (Å²) in [6, 6.07) is 8.21. The highest BCUT2D eigenvalue weighted by Gasteiger charge is 2.21. The van der Waals surface area contributed by atoms with Crippen LogP contribution in [0.1, 0.15) is 32.2 Å². The van der Waals surface area contributed by atoms with Gasteiger partial charge in [0, 0.05) is 32.4 Å². The van der Waals surface area contributed by atoms with Crippen molar-refractivity contribution in [3.05, 3.63) is 62.0 Å². The Morgan fingerprint density at radius 1 is 1.12 bits per heavy atom. The fourth-order valence-corrected chi connectivity index (χ4v) is 4.80. The number of carbonyl (C=O) groups excluding carboxylic acids is 1. The molecule has 0 bridgehead atoms. The first-order valence-corrected chi connectivity index (χ1v) is 11.4. The molecule has 1 aliphatic heterocycles. The molecular weight excluding hydrogens is 426 g/mol. The van der Waals surface area contributed by atoms with Crippen molar-refractivity contribution >= 4 is 22.9 Å². The topological polar surface area (TPSA) is 89.3 Å². The molecule has 1 aliphatic rings. The van der Waals surface area contributed by atoms with E-state index in [0.29, 0.717) is 27.7 Å². The number of anilines is 1. The standard InChI is InChI=1S/C23H27N5O3S/c1-14-15(2)26-27(4)23(30)19(14)22-25-16(3)20(32-22)21(29)24-13-17-5-7-18(8-6-17)28-9-11-31-12-10-28/h5-8H,9-13H2,1-4H3,(H,24,29). The molecule has 1 fully saturated rings. The molecule has 1 N–H and O–H groups in total. The zero-order valence-corrected chi connectivity index (χ0v) is 19.6. The molecule has 3 heterocycles. The number of hydrogen-bond acceptors (Lipinski definition) is 7. The summed E-state index contributed by atoms with van der Waals surface area (Å²) in [6.07, 6.45) is 0. The number of thiazole rings is 1. The first kappa shape index (κ1) is 22.2. The van der Waals surface area contributed by atoms with Crippen molar-refractivity contribution in [2.75, 3.05) is 31.2 Å². The van der Waals surface area contributed by atoms with Crippen LogP contribution in [0.2, 0.25) is 0 Å². The Balaban J connectivity index is 1.47. The van der Waals surface area contributed by atoms with Gasteiger partial charge in [-0.3, -0.25) is 9.59 Å². The van der Waals surface area contributed by atoms with Crippen LogP contribution >= 0.6 is 11.3 Å². The lowest BCUT2D eigenvalue weighted by Crippen LogP contribution is -2.36. The van der Waals surface area contributed by atoms with Crippen molar-refractivity contribution in [3.8, 4) is 10.6 Å². The van der Waals surface area contributed by atoms with Gasteiger partial charge in [-0.05, 0) is 44.0 Å². The molecule has 8 nitrogen and oxygen atoms in total. The number of morpholine rings is 1. The average Bonchev–Trinajstić information content (AvgIpc) is 3.18. The van der Waals surface area contributed by atoms with Crippen LogP contribution in [-0.2, 0) is 18.3 Å². The Hall–Kier alpha value is -3.04. The van der Waals surface area contributed by atoms with Crippen LogP contribution in [-0.4, -0.2) is 47.0 Å². The summed E-state index contributed by atoms with van der Waals surface area (Å²) in [5.74, 6) is -0.191. The van der Waals surface area contributed by atoms with E-state index in [1.54, 1.807) is 14.0 Å². The Morgan fingerprint density at radius 3 is 2.50 bits per heavy atom. The molecule has 9 heteroatoms. The summed E-state index contributed by atoms with van der Waals surface area (Å²) < 4.78 is 6.72. The van der Waals surface area contributed by atoms with E-state index in [2.05, 4.69) is 32.4 Å². The van der Waals surface area contributed by atoms with Gasteiger partial charge in [0.15, 0.2) is 0 Å². The van der Waals surface area contributed by atoms with Crippen LogP contribution in [0, 0.1) is 20.8 Å². The molecule has 0 atom stereocenters. The van der Waals surface area contributed by atoms with Gasteiger partial charge in [-0.1, -0.05) is 12.1 Å². The fraction of sp³-hybridized carbons (Fsp3) is 0.391. The number of ether oxygens (including phenoxy) is 1. The number of aryl methyl sites for hydroxylation is 3. The van der Waals surface area contributed by atoms with Gasteiger partial charge < -0.3 is 15.0 Å². The van der Waals surface area contributed by atoms with Crippen LogP contribution in [0.3, 0.4) is 0 Å². The third-order valence-electron chi connectivity index (χ3n) is 5.71. The molecule has 0 saturated carbocycles.